The van der Waals surface area contributed by atoms with Gasteiger partial charge in [-0.15, -0.1) is 0 Å². The molecule has 0 unspecified atom stereocenters. The molecule has 0 radical (unpaired) electrons. The van der Waals surface area contributed by atoms with Gasteiger partial charge in [-0.2, -0.15) is 0 Å². The van der Waals surface area contributed by atoms with E-state index in [4.69, 9.17) is 5.11 Å². The standard InChI is InChI=1S/C9H21NO/c1-8(7-11)10-6-5-9(2,3)4/h8,10-11H,5-7H2,1-4H3/t8-/m1/s1. The predicted octanol–water partition coefficient (Wildman–Crippen LogP) is 1.39. The molecule has 0 rings (SSSR count). The van der Waals surface area contributed by atoms with Gasteiger partial charge >= 0.3 is 0 Å². The lowest BCUT2D eigenvalue weighted by Crippen LogP contribution is -2.31. The van der Waals surface area contributed by atoms with Crippen molar-refractivity contribution in [1.29, 1.82) is 0 Å². The first-order valence-electron chi connectivity index (χ1n) is 4.30. The molecule has 0 aliphatic heterocycles. The van der Waals surface area contributed by atoms with Crippen LogP contribution in [0.2, 0.25) is 0 Å². The Kier molecular flexibility index (Phi) is 4.69. The summed E-state index contributed by atoms with van der Waals surface area (Å²) in [6, 6.07) is 0.234. The minimum Gasteiger partial charge on any atom is -0.395 e. The van der Waals surface area contributed by atoms with E-state index in [1.807, 2.05) is 6.92 Å². The zero-order valence-electron chi connectivity index (χ0n) is 8.15. The van der Waals surface area contributed by atoms with Crippen LogP contribution in [0.15, 0.2) is 0 Å². The minimum atomic E-state index is 0.226. The topological polar surface area (TPSA) is 32.3 Å². The molecule has 68 valence electrons. The summed E-state index contributed by atoms with van der Waals surface area (Å²) < 4.78 is 0. The van der Waals surface area contributed by atoms with Crippen molar-refractivity contribution < 1.29 is 5.11 Å². The molecule has 11 heavy (non-hydrogen) atoms. The first kappa shape index (κ1) is 10.9. The quantitative estimate of drug-likeness (QED) is 0.649. The summed E-state index contributed by atoms with van der Waals surface area (Å²) in [4.78, 5) is 0. The van der Waals surface area contributed by atoms with Gasteiger partial charge in [-0.05, 0) is 25.3 Å². The van der Waals surface area contributed by atoms with Gasteiger partial charge in [-0.3, -0.25) is 0 Å². The maximum atomic E-state index is 8.70. The van der Waals surface area contributed by atoms with Gasteiger partial charge in [-0.1, -0.05) is 20.8 Å². The molecule has 0 aliphatic rings. The van der Waals surface area contributed by atoms with Crippen LogP contribution in [0.3, 0.4) is 0 Å². The average molecular weight is 159 g/mol. The monoisotopic (exact) mass is 159 g/mol. The molecule has 0 spiro atoms. The molecular weight excluding hydrogens is 138 g/mol. The van der Waals surface area contributed by atoms with Gasteiger partial charge in [0.25, 0.3) is 0 Å². The summed E-state index contributed by atoms with van der Waals surface area (Å²) in [6.45, 7) is 9.87. The molecule has 0 saturated heterocycles. The van der Waals surface area contributed by atoms with Crippen molar-refractivity contribution in [3.63, 3.8) is 0 Å². The largest absolute Gasteiger partial charge is 0.395 e. The second kappa shape index (κ2) is 4.73. The number of nitrogens with one attached hydrogen (secondary N) is 1. The molecule has 0 aromatic heterocycles. The van der Waals surface area contributed by atoms with Gasteiger partial charge in [0, 0.05) is 6.04 Å². The molecule has 2 nitrogen and oxygen atoms in total. The van der Waals surface area contributed by atoms with E-state index >= 15 is 0 Å². The fourth-order valence-electron chi connectivity index (χ4n) is 0.758. The van der Waals surface area contributed by atoms with Crippen LogP contribution in [0.25, 0.3) is 0 Å². The zero-order chi connectivity index (χ0) is 8.91. The highest BCUT2D eigenvalue weighted by Crippen LogP contribution is 2.16. The van der Waals surface area contributed by atoms with Gasteiger partial charge in [0.15, 0.2) is 0 Å². The predicted molar refractivity (Wildman–Crippen MR) is 48.6 cm³/mol. The molecule has 1 atom stereocenters. The van der Waals surface area contributed by atoms with E-state index in [-0.39, 0.29) is 12.6 Å². The minimum absolute atomic E-state index is 0.226. The summed E-state index contributed by atoms with van der Waals surface area (Å²) in [5.74, 6) is 0. The smallest absolute Gasteiger partial charge is 0.0581 e. The Hall–Kier alpha value is -0.0800. The molecule has 2 heteroatoms. The second-order valence-corrected chi connectivity index (χ2v) is 4.35. The molecule has 0 amide bonds. The van der Waals surface area contributed by atoms with Crippen LogP contribution >= 0.6 is 0 Å². The van der Waals surface area contributed by atoms with E-state index in [1.54, 1.807) is 0 Å². The number of aliphatic hydroxyl groups is 1. The summed E-state index contributed by atoms with van der Waals surface area (Å²) in [5, 5.41) is 11.9. The first-order chi connectivity index (χ1) is 4.95. The summed E-state index contributed by atoms with van der Waals surface area (Å²) in [6.07, 6.45) is 1.15. The molecule has 0 aliphatic carbocycles. The third kappa shape index (κ3) is 7.82. The number of hydrogen-bond donors (Lipinski definition) is 2. The maximum absolute atomic E-state index is 8.70. The Morgan fingerprint density at radius 1 is 1.36 bits per heavy atom. The summed E-state index contributed by atoms with van der Waals surface area (Å²) >= 11 is 0. The molecule has 0 saturated carbocycles. The zero-order valence-corrected chi connectivity index (χ0v) is 8.15. The normalized spacial score (nSPS) is 15.0. The average Bonchev–Trinajstić information content (AvgIpc) is 1.85. The highest BCUT2D eigenvalue weighted by atomic mass is 16.3. The van der Waals surface area contributed by atoms with Crippen molar-refractivity contribution in [2.24, 2.45) is 5.41 Å². The lowest BCUT2D eigenvalue weighted by Gasteiger charge is -2.19. The van der Waals surface area contributed by atoms with Gasteiger partial charge in [0.2, 0.25) is 0 Å². The molecule has 2 N–H and O–H groups in total. The number of hydrogen-bond acceptors (Lipinski definition) is 2. The van der Waals surface area contributed by atoms with Gasteiger partial charge < -0.3 is 10.4 Å². The molecule has 0 aromatic carbocycles. The van der Waals surface area contributed by atoms with Crippen molar-refractivity contribution in [2.75, 3.05) is 13.2 Å². The molecule has 0 fully saturated rings. The lowest BCUT2D eigenvalue weighted by molar-refractivity contribution is 0.245. The molecule has 0 heterocycles. The van der Waals surface area contributed by atoms with E-state index in [2.05, 4.69) is 26.1 Å². The third-order valence-corrected chi connectivity index (χ3v) is 1.64. The van der Waals surface area contributed by atoms with Crippen LogP contribution in [-0.2, 0) is 0 Å². The fourth-order valence-corrected chi connectivity index (χ4v) is 0.758. The van der Waals surface area contributed by atoms with Crippen LogP contribution in [0.1, 0.15) is 34.1 Å². The summed E-state index contributed by atoms with van der Waals surface area (Å²) in [7, 11) is 0. The SMILES string of the molecule is C[C@H](CO)NCCC(C)(C)C. The summed E-state index contributed by atoms with van der Waals surface area (Å²) in [5.41, 5.74) is 0.391. The van der Waals surface area contributed by atoms with Crippen LogP contribution in [-0.4, -0.2) is 24.3 Å². The molecule has 0 aromatic rings. The highest BCUT2D eigenvalue weighted by molar-refractivity contribution is 4.65. The Morgan fingerprint density at radius 2 is 1.91 bits per heavy atom. The van der Waals surface area contributed by atoms with E-state index < -0.39 is 0 Å². The maximum Gasteiger partial charge on any atom is 0.0581 e. The van der Waals surface area contributed by atoms with Gasteiger partial charge in [-0.25, -0.2) is 0 Å². The second-order valence-electron chi connectivity index (χ2n) is 4.35. The van der Waals surface area contributed by atoms with Gasteiger partial charge in [0.1, 0.15) is 0 Å². The lowest BCUT2D eigenvalue weighted by atomic mass is 9.92. The fraction of sp³-hybridized carbons (Fsp3) is 1.00. The van der Waals surface area contributed by atoms with Crippen molar-refractivity contribution >= 4 is 0 Å². The van der Waals surface area contributed by atoms with E-state index in [9.17, 15) is 0 Å². The molecule has 0 bridgehead atoms. The van der Waals surface area contributed by atoms with Crippen molar-refractivity contribution in [2.45, 2.75) is 40.2 Å². The van der Waals surface area contributed by atoms with E-state index in [0.717, 1.165) is 13.0 Å². The highest BCUT2D eigenvalue weighted by Gasteiger charge is 2.09. The van der Waals surface area contributed by atoms with E-state index in [0.29, 0.717) is 5.41 Å². The van der Waals surface area contributed by atoms with Crippen LogP contribution < -0.4 is 5.32 Å². The van der Waals surface area contributed by atoms with Crippen molar-refractivity contribution in [3.05, 3.63) is 0 Å². The number of aliphatic hydroxyl groups excluding tert-OH is 1. The first-order valence-corrected chi connectivity index (χ1v) is 4.30. The van der Waals surface area contributed by atoms with E-state index in [1.165, 1.54) is 0 Å². The Balaban J connectivity index is 3.28. The molecular formula is C9H21NO. The van der Waals surface area contributed by atoms with Gasteiger partial charge in [0.05, 0.1) is 6.61 Å². The van der Waals surface area contributed by atoms with Crippen molar-refractivity contribution in [3.8, 4) is 0 Å². The Morgan fingerprint density at radius 3 is 2.27 bits per heavy atom. The Bertz CT molecular complexity index is 96.2. The van der Waals surface area contributed by atoms with Crippen LogP contribution in [0.5, 0.6) is 0 Å². The van der Waals surface area contributed by atoms with Crippen LogP contribution in [0, 0.1) is 5.41 Å². The third-order valence-electron chi connectivity index (χ3n) is 1.64. The van der Waals surface area contributed by atoms with Crippen LogP contribution in [0.4, 0.5) is 0 Å². The van der Waals surface area contributed by atoms with Crippen molar-refractivity contribution in [1.82, 2.24) is 5.32 Å². The Labute approximate surface area is 70.0 Å². The number of rotatable bonds is 4.